The molecule has 1 aliphatic heterocycles. The Kier molecular flexibility index (Phi) is 6.59. The first-order chi connectivity index (χ1) is 12.5. The van der Waals surface area contributed by atoms with Gasteiger partial charge in [0.25, 0.3) is 0 Å². The third-order valence-corrected chi connectivity index (χ3v) is 4.71. The van der Waals surface area contributed by atoms with Crippen molar-refractivity contribution in [2.75, 3.05) is 31.6 Å². The van der Waals surface area contributed by atoms with Crippen molar-refractivity contribution in [3.05, 3.63) is 28.8 Å². The Labute approximate surface area is 159 Å². The number of nitrogens with zero attached hydrogens (tertiary/aromatic N) is 2. The molecular formula is C17H20ClF3N2O4. The molecule has 1 heterocycles. The molecule has 0 bridgehead atoms. The van der Waals surface area contributed by atoms with Gasteiger partial charge in [0.1, 0.15) is 6.04 Å². The molecule has 6 nitrogen and oxygen atoms in total. The number of carbonyl (C=O) groups excluding carboxylic acids is 2. The number of anilines is 1. The lowest BCUT2D eigenvalue weighted by Gasteiger charge is -2.41. The summed E-state index contributed by atoms with van der Waals surface area (Å²) in [5, 5.41) is 9.47. The van der Waals surface area contributed by atoms with Crippen molar-refractivity contribution in [3.8, 4) is 0 Å². The third kappa shape index (κ3) is 5.04. The maximum absolute atomic E-state index is 12.8. The minimum Gasteiger partial charge on any atom is -0.469 e. The van der Waals surface area contributed by atoms with Gasteiger partial charge in [-0.3, -0.25) is 9.59 Å². The van der Waals surface area contributed by atoms with E-state index in [1.165, 1.54) is 24.1 Å². The van der Waals surface area contributed by atoms with E-state index in [2.05, 4.69) is 4.74 Å². The van der Waals surface area contributed by atoms with E-state index in [9.17, 15) is 27.9 Å². The molecule has 1 fully saturated rings. The number of benzene rings is 1. The van der Waals surface area contributed by atoms with Crippen LogP contribution in [0.25, 0.3) is 0 Å². The molecule has 0 aromatic heterocycles. The molecule has 27 heavy (non-hydrogen) atoms. The average molecular weight is 409 g/mol. The maximum atomic E-state index is 12.8. The summed E-state index contributed by atoms with van der Waals surface area (Å²) >= 11 is 5.76. The second kappa shape index (κ2) is 8.35. The van der Waals surface area contributed by atoms with Crippen LogP contribution in [0.1, 0.15) is 18.9 Å². The fraction of sp³-hybridized carbons (Fsp3) is 0.529. The quantitative estimate of drug-likeness (QED) is 0.757. The summed E-state index contributed by atoms with van der Waals surface area (Å²) in [5.74, 6) is -0.887. The topological polar surface area (TPSA) is 70.1 Å². The summed E-state index contributed by atoms with van der Waals surface area (Å²) in [5.41, 5.74) is -0.528. The fourth-order valence-corrected chi connectivity index (χ4v) is 3.25. The number of aliphatic hydroxyl groups excluding tert-OH is 1. The van der Waals surface area contributed by atoms with Crippen LogP contribution in [0.5, 0.6) is 0 Å². The van der Waals surface area contributed by atoms with Crippen molar-refractivity contribution in [1.82, 2.24) is 4.90 Å². The number of carbonyl (C=O) groups is 2. The first-order valence-electron chi connectivity index (χ1n) is 8.21. The van der Waals surface area contributed by atoms with Gasteiger partial charge in [-0.1, -0.05) is 11.6 Å². The summed E-state index contributed by atoms with van der Waals surface area (Å²) < 4.78 is 43.0. The van der Waals surface area contributed by atoms with Crippen molar-refractivity contribution in [1.29, 1.82) is 0 Å². The molecule has 0 spiro atoms. The number of halogens is 4. The molecule has 2 rings (SSSR count). The van der Waals surface area contributed by atoms with Crippen LogP contribution in [0.4, 0.5) is 18.9 Å². The zero-order valence-electron chi connectivity index (χ0n) is 14.8. The molecule has 0 unspecified atom stereocenters. The molecule has 0 aliphatic carbocycles. The number of piperazine rings is 1. The van der Waals surface area contributed by atoms with Gasteiger partial charge in [0.2, 0.25) is 5.91 Å². The number of β-amino-alcohol motifs (C(OH)–C–C–N with tert-alkyl or cyclic N) is 1. The summed E-state index contributed by atoms with van der Waals surface area (Å²) in [7, 11) is 1.20. The molecular weight excluding hydrogens is 389 g/mol. The SMILES string of the molecule is COC(=O)C[C@H](O)CN1CCN(c2ccc(C(F)(F)F)c(Cl)c2)[C@@H](C)C1=O. The van der Waals surface area contributed by atoms with E-state index in [0.717, 1.165) is 6.07 Å². The highest BCUT2D eigenvalue weighted by molar-refractivity contribution is 6.31. The van der Waals surface area contributed by atoms with Crippen LogP contribution < -0.4 is 4.90 Å². The Morgan fingerprint density at radius 1 is 1.41 bits per heavy atom. The number of rotatable bonds is 5. The predicted molar refractivity (Wildman–Crippen MR) is 92.5 cm³/mol. The first kappa shape index (κ1) is 21.3. The van der Waals surface area contributed by atoms with Crippen molar-refractivity contribution in [2.24, 2.45) is 0 Å². The van der Waals surface area contributed by atoms with Gasteiger partial charge in [0.15, 0.2) is 0 Å². The molecule has 1 aromatic carbocycles. The molecule has 1 aromatic rings. The van der Waals surface area contributed by atoms with E-state index < -0.39 is 34.9 Å². The lowest BCUT2D eigenvalue weighted by Crippen LogP contribution is -2.57. The second-order valence-electron chi connectivity index (χ2n) is 6.25. The van der Waals surface area contributed by atoms with Crippen LogP contribution in [0.3, 0.4) is 0 Å². The maximum Gasteiger partial charge on any atom is 0.417 e. The van der Waals surface area contributed by atoms with E-state index in [1.807, 2.05) is 0 Å². The summed E-state index contributed by atoms with van der Waals surface area (Å²) in [6.45, 7) is 2.19. The number of methoxy groups -OCH3 is 1. The lowest BCUT2D eigenvalue weighted by atomic mass is 10.1. The Morgan fingerprint density at radius 3 is 2.63 bits per heavy atom. The molecule has 1 N–H and O–H groups in total. The van der Waals surface area contributed by atoms with Gasteiger partial charge in [-0.15, -0.1) is 0 Å². The van der Waals surface area contributed by atoms with Crippen molar-refractivity contribution < 1.29 is 32.6 Å². The first-order valence-corrected chi connectivity index (χ1v) is 8.59. The highest BCUT2D eigenvalue weighted by atomic mass is 35.5. The average Bonchev–Trinajstić information content (AvgIpc) is 2.57. The highest BCUT2D eigenvalue weighted by Crippen LogP contribution is 2.37. The smallest absolute Gasteiger partial charge is 0.417 e. The van der Waals surface area contributed by atoms with Crippen molar-refractivity contribution in [3.63, 3.8) is 0 Å². The number of alkyl halides is 3. The third-order valence-electron chi connectivity index (χ3n) is 4.40. The number of ether oxygens (including phenoxy) is 1. The highest BCUT2D eigenvalue weighted by Gasteiger charge is 2.36. The van der Waals surface area contributed by atoms with Gasteiger partial charge in [-0.05, 0) is 25.1 Å². The van der Waals surface area contributed by atoms with Crippen LogP contribution in [0.15, 0.2) is 18.2 Å². The molecule has 10 heteroatoms. The monoisotopic (exact) mass is 408 g/mol. The van der Waals surface area contributed by atoms with E-state index in [-0.39, 0.29) is 25.4 Å². The normalized spacial score (nSPS) is 19.2. The fourth-order valence-electron chi connectivity index (χ4n) is 2.97. The summed E-state index contributed by atoms with van der Waals surface area (Å²) in [6.07, 6.45) is -5.83. The zero-order valence-corrected chi connectivity index (χ0v) is 15.5. The van der Waals surface area contributed by atoms with Crippen LogP contribution >= 0.6 is 11.6 Å². The number of hydrogen-bond donors (Lipinski definition) is 1. The van der Waals surface area contributed by atoms with Gasteiger partial charge in [0.05, 0.1) is 30.2 Å². The Morgan fingerprint density at radius 2 is 2.07 bits per heavy atom. The lowest BCUT2D eigenvalue weighted by molar-refractivity contribution is -0.145. The minimum atomic E-state index is -4.55. The Bertz CT molecular complexity index is 714. The van der Waals surface area contributed by atoms with Crippen molar-refractivity contribution in [2.45, 2.75) is 31.7 Å². The van der Waals surface area contributed by atoms with Crippen LogP contribution in [0, 0.1) is 0 Å². The predicted octanol–water partition coefficient (Wildman–Crippen LogP) is 2.32. The van der Waals surface area contributed by atoms with E-state index in [0.29, 0.717) is 12.2 Å². The van der Waals surface area contributed by atoms with Gasteiger partial charge in [0, 0.05) is 25.3 Å². The molecule has 1 amide bonds. The number of amides is 1. The van der Waals surface area contributed by atoms with Gasteiger partial charge in [-0.2, -0.15) is 13.2 Å². The zero-order chi connectivity index (χ0) is 20.4. The van der Waals surface area contributed by atoms with Crippen LogP contribution in [0.2, 0.25) is 5.02 Å². The summed E-state index contributed by atoms with van der Waals surface area (Å²) in [6, 6.07) is 2.70. The van der Waals surface area contributed by atoms with E-state index >= 15 is 0 Å². The molecule has 0 radical (unpaired) electrons. The molecule has 2 atom stereocenters. The van der Waals surface area contributed by atoms with Crippen LogP contribution in [-0.4, -0.2) is 60.8 Å². The molecule has 1 aliphatic rings. The van der Waals surface area contributed by atoms with Gasteiger partial charge in [-0.25, -0.2) is 0 Å². The Balaban J connectivity index is 2.08. The van der Waals surface area contributed by atoms with E-state index in [4.69, 9.17) is 11.6 Å². The van der Waals surface area contributed by atoms with Gasteiger partial charge >= 0.3 is 12.1 Å². The largest absolute Gasteiger partial charge is 0.469 e. The van der Waals surface area contributed by atoms with Crippen molar-refractivity contribution >= 4 is 29.2 Å². The Hall–Kier alpha value is -2.00. The van der Waals surface area contributed by atoms with E-state index in [1.54, 1.807) is 11.8 Å². The number of esters is 1. The molecule has 1 saturated heterocycles. The van der Waals surface area contributed by atoms with Gasteiger partial charge < -0.3 is 19.6 Å². The van der Waals surface area contributed by atoms with Crippen LogP contribution in [-0.2, 0) is 20.5 Å². The number of hydrogen-bond acceptors (Lipinski definition) is 5. The standard InChI is InChI=1S/C17H20ClF3N2O4/c1-10-16(26)22(9-12(24)8-15(25)27-2)5-6-23(10)11-3-4-13(14(18)7-11)17(19,20)21/h3-4,7,10,12,24H,5-6,8-9H2,1-2H3/t10-,12-/m0/s1. The number of aliphatic hydroxyl groups is 1. The minimum absolute atomic E-state index is 0.0279. The summed E-state index contributed by atoms with van der Waals surface area (Å²) in [4.78, 5) is 26.8. The molecule has 0 saturated carbocycles. The second-order valence-corrected chi connectivity index (χ2v) is 6.66. The molecule has 150 valence electrons.